The maximum Gasteiger partial charge on any atom is 0.243 e. The number of fused-ring (bicyclic) bond motifs is 1. The summed E-state index contributed by atoms with van der Waals surface area (Å²) < 4.78 is 7.98. The Bertz CT molecular complexity index is 2790. The van der Waals surface area contributed by atoms with Gasteiger partial charge in [0.1, 0.15) is 17.7 Å². The van der Waals surface area contributed by atoms with Gasteiger partial charge in [-0.25, -0.2) is 4.98 Å². The van der Waals surface area contributed by atoms with Gasteiger partial charge in [0.05, 0.1) is 45.5 Å². The van der Waals surface area contributed by atoms with Crippen LogP contribution in [-0.4, -0.2) is 138 Å². The maximum atomic E-state index is 14.4. The lowest BCUT2D eigenvalue weighted by Gasteiger charge is -2.39. The van der Waals surface area contributed by atoms with Gasteiger partial charge in [0.15, 0.2) is 22.9 Å². The molecule has 0 radical (unpaired) electrons. The Morgan fingerprint density at radius 3 is 2.23 bits per heavy atom. The monoisotopic (exact) mass is 985 g/mol. The number of β-amino-alcohol motifs (C(OH)–C–C–N with tert-alkyl or cyclic N) is 1. The largest absolute Gasteiger partial charge is 0.507 e. The Balaban J connectivity index is 0.669. The first-order chi connectivity index (χ1) is 34.4. The van der Waals surface area contributed by atoms with E-state index in [1.54, 1.807) is 28.4 Å². The number of benzene rings is 2. The number of hydrogen-bond acceptors (Lipinski definition) is 15. The molecule has 4 fully saturated rings. The van der Waals surface area contributed by atoms with E-state index in [2.05, 4.69) is 40.4 Å². The number of para-hydroxylation sites is 1. The molecule has 8 heterocycles. The average molecular weight is 985 g/mol. The van der Waals surface area contributed by atoms with Gasteiger partial charge in [-0.2, -0.15) is 5.10 Å². The summed E-state index contributed by atoms with van der Waals surface area (Å²) in [5, 5.41) is 42.3. The molecule has 1 unspecified atom stereocenters. The Hall–Kier alpha value is -5.95. The zero-order valence-electron chi connectivity index (χ0n) is 41.4. The highest BCUT2D eigenvalue weighted by Gasteiger charge is 2.44. The summed E-state index contributed by atoms with van der Waals surface area (Å²) in [7, 11) is 0. The normalized spacial score (nSPS) is 21.1. The highest BCUT2D eigenvalue weighted by Crippen LogP contribution is 2.36. The number of nitrogens with zero attached hydrogens (tertiary/aromatic N) is 10. The van der Waals surface area contributed by atoms with Gasteiger partial charge in [-0.1, -0.05) is 55.4 Å². The molecule has 2 amide bonds. The number of aromatic hydroxyl groups is 1. The van der Waals surface area contributed by atoms with Crippen LogP contribution in [0.4, 0.5) is 11.6 Å². The second kappa shape index (κ2) is 21.0. The summed E-state index contributed by atoms with van der Waals surface area (Å²) in [6.07, 6.45) is 5.94. The minimum absolute atomic E-state index is 0.0902. The number of carbonyl (C=O) groups excluding carboxylic acids is 2. The fraction of sp³-hybridized carbons (Fsp3) is 0.528. The fourth-order valence-electron chi connectivity index (χ4n) is 11.5. The molecule has 0 aliphatic carbocycles. The zero-order chi connectivity index (χ0) is 49.3. The van der Waals surface area contributed by atoms with Crippen LogP contribution in [0.5, 0.6) is 5.75 Å². The fourth-order valence-corrected chi connectivity index (χ4v) is 12.3. The number of phenolic OH excluding ortho intramolecular Hbond substituents is 1. The molecule has 10 rings (SSSR count). The smallest absolute Gasteiger partial charge is 0.243 e. The van der Waals surface area contributed by atoms with E-state index in [0.717, 1.165) is 111 Å². The number of nitrogens with two attached hydrogens (primary N) is 1. The van der Waals surface area contributed by atoms with Crippen LogP contribution in [-0.2, 0) is 9.59 Å². The van der Waals surface area contributed by atoms with Gasteiger partial charge in [0.25, 0.3) is 0 Å². The number of aliphatic hydroxyl groups is 1. The first kappa shape index (κ1) is 48.7. The van der Waals surface area contributed by atoms with Gasteiger partial charge < -0.3 is 45.4 Å². The molecule has 0 saturated carbocycles. The Morgan fingerprint density at radius 1 is 0.887 bits per heavy atom. The van der Waals surface area contributed by atoms with Crippen LogP contribution < -0.4 is 16.0 Å². The van der Waals surface area contributed by atoms with Crippen LogP contribution in [0.25, 0.3) is 32.7 Å². The van der Waals surface area contributed by atoms with Crippen molar-refractivity contribution >= 4 is 45.8 Å². The molecule has 0 spiro atoms. The first-order valence-corrected chi connectivity index (χ1v) is 26.5. The standard InChI is InChI=1S/C53H68N12O5S/c1-32(2)48(53(69)64-30-40(66)25-44(64)52(68)56-33(3)37-9-11-38(12-10-37)50-34(4)55-31-71-50)46-27-47(60-70-46)63-23-15-36(16-24-63)29-61-19-13-35(14-20-61)28-62-21-17-39(18-22-62)65-43-26-42(41-7-5-6-8-45(41)67)57-58-49(43)51(54)59-65/h5-12,26-27,31-33,35-36,39-40,44,48,66-67H,13-25,28-30H2,1-4H3,(H2,54,59)(H,56,68)/t33-,40+,44-,48?/m0/s1. The number of likely N-dealkylation sites (tertiary alicyclic amines) is 3. The minimum Gasteiger partial charge on any atom is -0.507 e. The number of phenols is 1. The second-order valence-electron chi connectivity index (χ2n) is 20.8. The third-order valence-corrected chi connectivity index (χ3v) is 16.6. The van der Waals surface area contributed by atoms with Crippen LogP contribution in [0.3, 0.4) is 0 Å². The molecule has 4 aliphatic heterocycles. The molecule has 2 aromatic carbocycles. The van der Waals surface area contributed by atoms with E-state index in [1.807, 2.05) is 86.4 Å². The molecular formula is C53H68N12O5S. The second-order valence-corrected chi connectivity index (χ2v) is 21.7. The number of amides is 2. The predicted octanol–water partition coefficient (Wildman–Crippen LogP) is 7.05. The number of rotatable bonds is 14. The number of nitrogen functional groups attached to an aromatic ring is 1. The molecule has 71 heavy (non-hydrogen) atoms. The van der Waals surface area contributed by atoms with E-state index >= 15 is 0 Å². The van der Waals surface area contributed by atoms with Crippen molar-refractivity contribution in [3.05, 3.63) is 83.2 Å². The molecule has 376 valence electrons. The highest BCUT2D eigenvalue weighted by atomic mass is 32.1. The zero-order valence-corrected chi connectivity index (χ0v) is 42.2. The predicted molar refractivity (Wildman–Crippen MR) is 275 cm³/mol. The van der Waals surface area contributed by atoms with Gasteiger partial charge in [-0.05, 0) is 113 Å². The van der Waals surface area contributed by atoms with E-state index < -0.39 is 18.1 Å². The van der Waals surface area contributed by atoms with Crippen molar-refractivity contribution in [3.63, 3.8) is 0 Å². The number of aliphatic hydroxyl groups excluding tert-OH is 1. The molecule has 5 N–H and O–H groups in total. The highest BCUT2D eigenvalue weighted by molar-refractivity contribution is 7.13. The molecule has 6 aromatic rings. The number of thiazole rings is 1. The molecule has 17 nitrogen and oxygen atoms in total. The maximum absolute atomic E-state index is 14.4. The Labute approximate surface area is 419 Å². The lowest BCUT2D eigenvalue weighted by molar-refractivity contribution is -0.141. The van der Waals surface area contributed by atoms with Crippen LogP contribution in [0.1, 0.15) is 101 Å². The average Bonchev–Trinajstić information content (AvgIpc) is 4.19. The number of aryl methyl sites for hydroxylation is 1. The van der Waals surface area contributed by atoms with Crippen LogP contribution in [0.15, 0.2) is 70.7 Å². The van der Waals surface area contributed by atoms with E-state index in [-0.39, 0.29) is 48.5 Å². The van der Waals surface area contributed by atoms with Gasteiger partial charge in [-0.3, -0.25) is 14.3 Å². The molecular weight excluding hydrogens is 917 g/mol. The van der Waals surface area contributed by atoms with Crippen LogP contribution in [0.2, 0.25) is 0 Å². The van der Waals surface area contributed by atoms with Crippen molar-refractivity contribution < 1.29 is 24.3 Å². The van der Waals surface area contributed by atoms with Crippen molar-refractivity contribution in [1.82, 2.24) is 50.1 Å². The summed E-state index contributed by atoms with van der Waals surface area (Å²) in [5.41, 5.74) is 13.9. The third kappa shape index (κ3) is 10.5. The van der Waals surface area contributed by atoms with Gasteiger partial charge in [-0.15, -0.1) is 21.5 Å². The number of hydrogen-bond donors (Lipinski definition) is 4. The van der Waals surface area contributed by atoms with Crippen LogP contribution in [0, 0.1) is 24.7 Å². The van der Waals surface area contributed by atoms with Crippen molar-refractivity contribution in [2.75, 3.05) is 69.5 Å². The van der Waals surface area contributed by atoms with Crippen LogP contribution >= 0.6 is 11.3 Å². The Kier molecular flexibility index (Phi) is 14.4. The third-order valence-electron chi connectivity index (χ3n) is 15.6. The van der Waals surface area contributed by atoms with E-state index in [4.69, 9.17) is 15.4 Å². The number of aromatic nitrogens is 6. The quantitative estimate of drug-likeness (QED) is 0.0864. The number of anilines is 2. The molecule has 4 atom stereocenters. The van der Waals surface area contributed by atoms with E-state index in [9.17, 15) is 19.8 Å². The molecule has 0 bridgehead atoms. The topological polar surface area (TPSA) is 208 Å². The van der Waals surface area contributed by atoms with E-state index in [0.29, 0.717) is 40.2 Å². The van der Waals surface area contributed by atoms with Crippen molar-refractivity contribution in [3.8, 4) is 27.4 Å². The molecule has 4 aromatic heterocycles. The summed E-state index contributed by atoms with van der Waals surface area (Å²) in [6, 6.07) is 18.3. The number of carbonyl (C=O) groups is 2. The lowest BCUT2D eigenvalue weighted by atomic mass is 9.91. The van der Waals surface area contributed by atoms with Gasteiger partial charge >= 0.3 is 0 Å². The van der Waals surface area contributed by atoms with Crippen molar-refractivity contribution in [2.24, 2.45) is 17.8 Å². The SMILES string of the molecule is Cc1ncsc1-c1ccc([C@H](C)NC(=O)[C@@H]2C[C@@H](O)CN2C(=O)C(c2cc(N3CCC(CN4CCC(CN5CCC(n6nc(N)c7nnc(-c8ccccc8O)cc76)CC5)CC4)CC3)no2)C(C)C)cc1. The van der Waals surface area contributed by atoms with Gasteiger partial charge in [0.2, 0.25) is 11.8 Å². The molecule has 4 aliphatic rings. The number of nitrogens with one attached hydrogen (secondary N) is 1. The number of piperidine rings is 3. The first-order valence-electron chi connectivity index (χ1n) is 25.6. The lowest BCUT2D eigenvalue weighted by Crippen LogP contribution is -2.48. The Morgan fingerprint density at radius 2 is 1.56 bits per heavy atom. The summed E-state index contributed by atoms with van der Waals surface area (Å²) in [4.78, 5) is 42.8. The summed E-state index contributed by atoms with van der Waals surface area (Å²) in [5.74, 6) is 1.83. The molecule has 18 heteroatoms. The van der Waals surface area contributed by atoms with Gasteiger partial charge in [0, 0.05) is 63.9 Å². The summed E-state index contributed by atoms with van der Waals surface area (Å²) >= 11 is 1.60. The minimum atomic E-state index is -0.796. The van der Waals surface area contributed by atoms with Crippen molar-refractivity contribution in [2.45, 2.75) is 103 Å². The summed E-state index contributed by atoms with van der Waals surface area (Å²) in [6.45, 7) is 16.3. The van der Waals surface area contributed by atoms with E-state index in [1.165, 1.54) is 12.8 Å². The molecule has 4 saturated heterocycles. The van der Waals surface area contributed by atoms with Crippen molar-refractivity contribution in [1.29, 1.82) is 0 Å².